The van der Waals surface area contributed by atoms with Gasteiger partial charge in [-0.25, -0.2) is 0 Å². The smallest absolute Gasteiger partial charge is 0.330 e. The Bertz CT molecular complexity index is 831. The van der Waals surface area contributed by atoms with Crippen LogP contribution in [0.15, 0.2) is 24.3 Å². The second-order valence-corrected chi connectivity index (χ2v) is 17.5. The summed E-state index contributed by atoms with van der Waals surface area (Å²) in [5.74, 6) is 0. The van der Waals surface area contributed by atoms with Crippen molar-refractivity contribution < 1.29 is 27.2 Å². The average molecular weight is 767 g/mol. The van der Waals surface area contributed by atoms with Crippen molar-refractivity contribution in [2.45, 2.75) is 110 Å². The van der Waals surface area contributed by atoms with Gasteiger partial charge in [0.05, 0.1) is 38.8 Å². The van der Waals surface area contributed by atoms with E-state index in [1.807, 2.05) is 0 Å². The minimum absolute atomic E-state index is 0.324. The molecule has 0 radical (unpaired) electrons. The fourth-order valence-electron chi connectivity index (χ4n) is 5.21. The molecule has 0 rings (SSSR count). The first-order chi connectivity index (χ1) is 24.8. The van der Waals surface area contributed by atoms with Crippen molar-refractivity contribution in [1.82, 2.24) is 9.80 Å². The summed E-state index contributed by atoms with van der Waals surface area (Å²) in [6.07, 6.45) is 23.0. The first kappa shape index (κ1) is 50.5. The van der Waals surface area contributed by atoms with Gasteiger partial charge >= 0.3 is 15.2 Å². The third-order valence-electron chi connectivity index (χ3n) is 8.39. The standard InChI is InChI=1S/C37H80N6O6P2/c1-3-5-7-9-11-14-32-46-50(44,36-30-42(26-18-22-38)27-19-23-39)48-34-16-13-17-35-49-51(45,47-33-15-12-10-8-6-4-2)37-31-43(28-20-24-40)29-21-25-41/h9-12H,3-8,13-41H2,1-2H3/b11-9-,12-10-. The topological polar surface area (TPSA) is 182 Å². The molecule has 8 N–H and O–H groups in total. The molecule has 304 valence electrons. The fourth-order valence-corrected chi connectivity index (χ4v) is 8.52. The highest BCUT2D eigenvalue weighted by Crippen LogP contribution is 2.49. The quantitative estimate of drug-likeness (QED) is 0.0289. The summed E-state index contributed by atoms with van der Waals surface area (Å²) in [6.45, 7) is 12.7. The van der Waals surface area contributed by atoms with Gasteiger partial charge in [0.25, 0.3) is 0 Å². The van der Waals surface area contributed by atoms with Crippen LogP contribution >= 0.6 is 15.2 Å². The lowest BCUT2D eigenvalue weighted by Crippen LogP contribution is -2.31. The fraction of sp³-hybridized carbons (Fsp3) is 0.892. The van der Waals surface area contributed by atoms with Gasteiger partial charge in [-0.05, 0) is 123 Å². The lowest BCUT2D eigenvalue weighted by Gasteiger charge is -2.25. The van der Waals surface area contributed by atoms with Gasteiger partial charge in [-0.3, -0.25) is 9.13 Å². The van der Waals surface area contributed by atoms with E-state index in [0.717, 1.165) is 96.8 Å². The maximum absolute atomic E-state index is 13.8. The van der Waals surface area contributed by atoms with Crippen LogP contribution in [0.3, 0.4) is 0 Å². The van der Waals surface area contributed by atoms with Crippen LogP contribution in [-0.4, -0.2) is 114 Å². The molecule has 2 unspecified atom stereocenters. The van der Waals surface area contributed by atoms with Crippen molar-refractivity contribution in [3.8, 4) is 0 Å². The van der Waals surface area contributed by atoms with Gasteiger partial charge in [-0.15, -0.1) is 0 Å². The van der Waals surface area contributed by atoms with E-state index in [9.17, 15) is 9.13 Å². The van der Waals surface area contributed by atoms with Gasteiger partial charge in [0.2, 0.25) is 0 Å². The monoisotopic (exact) mass is 767 g/mol. The molecule has 14 heteroatoms. The van der Waals surface area contributed by atoms with Crippen LogP contribution in [0, 0.1) is 0 Å². The number of rotatable bonds is 40. The van der Waals surface area contributed by atoms with E-state index in [0.29, 0.717) is 104 Å². The molecule has 0 aliphatic heterocycles. The predicted molar refractivity (Wildman–Crippen MR) is 217 cm³/mol. The number of allylic oxidation sites excluding steroid dienone is 2. The van der Waals surface area contributed by atoms with Crippen molar-refractivity contribution >= 4 is 15.2 Å². The van der Waals surface area contributed by atoms with Crippen LogP contribution in [0.25, 0.3) is 0 Å². The summed E-state index contributed by atoms with van der Waals surface area (Å²) in [5, 5.41) is 0. The van der Waals surface area contributed by atoms with Crippen molar-refractivity contribution in [1.29, 1.82) is 0 Å². The summed E-state index contributed by atoms with van der Waals surface area (Å²) in [5.41, 5.74) is 23.0. The van der Waals surface area contributed by atoms with E-state index in [2.05, 4.69) is 48.0 Å². The first-order valence-electron chi connectivity index (χ1n) is 20.1. The molecule has 0 spiro atoms. The highest BCUT2D eigenvalue weighted by Gasteiger charge is 2.27. The molecule has 12 nitrogen and oxygen atoms in total. The molecule has 0 aromatic heterocycles. The van der Waals surface area contributed by atoms with Crippen LogP contribution in [0.1, 0.15) is 110 Å². The molecule has 0 aromatic rings. The molecule has 0 aromatic carbocycles. The number of hydrogen-bond donors (Lipinski definition) is 4. The lowest BCUT2D eigenvalue weighted by atomic mass is 10.2. The van der Waals surface area contributed by atoms with Crippen molar-refractivity contribution in [2.24, 2.45) is 22.9 Å². The summed E-state index contributed by atoms with van der Waals surface area (Å²) in [7, 11) is -6.60. The molecule has 0 aliphatic rings. The van der Waals surface area contributed by atoms with Gasteiger partial charge in [0.1, 0.15) is 0 Å². The van der Waals surface area contributed by atoms with Crippen molar-refractivity contribution in [2.75, 3.05) is 104 Å². The molecule has 0 saturated heterocycles. The highest BCUT2D eigenvalue weighted by molar-refractivity contribution is 7.54. The van der Waals surface area contributed by atoms with E-state index in [1.54, 1.807) is 0 Å². The minimum atomic E-state index is -3.30. The second-order valence-electron chi connectivity index (χ2n) is 13.1. The van der Waals surface area contributed by atoms with Crippen LogP contribution in [0.4, 0.5) is 0 Å². The van der Waals surface area contributed by atoms with Gasteiger partial charge in [-0.1, -0.05) is 63.8 Å². The molecule has 0 amide bonds. The lowest BCUT2D eigenvalue weighted by molar-refractivity contribution is 0.188. The Kier molecular flexibility index (Phi) is 36.2. The largest absolute Gasteiger partial charge is 0.331 e. The highest BCUT2D eigenvalue weighted by atomic mass is 31.2. The first-order valence-corrected chi connectivity index (χ1v) is 23.6. The van der Waals surface area contributed by atoms with E-state index in [4.69, 9.17) is 41.0 Å². The van der Waals surface area contributed by atoms with Gasteiger partial charge in [0, 0.05) is 13.1 Å². The molecule has 51 heavy (non-hydrogen) atoms. The summed E-state index contributed by atoms with van der Waals surface area (Å²) in [6, 6.07) is 0. The summed E-state index contributed by atoms with van der Waals surface area (Å²) >= 11 is 0. The predicted octanol–water partition coefficient (Wildman–Crippen LogP) is 6.88. The summed E-state index contributed by atoms with van der Waals surface area (Å²) in [4.78, 5) is 4.50. The molecule has 0 heterocycles. The Balaban J connectivity index is 5.09. The zero-order valence-corrected chi connectivity index (χ0v) is 34.6. The molecule has 0 aliphatic carbocycles. The molecule has 0 saturated carbocycles. The van der Waals surface area contributed by atoms with E-state index in [-0.39, 0.29) is 0 Å². The Morgan fingerprint density at radius 3 is 1.10 bits per heavy atom. The normalized spacial score (nSPS) is 14.7. The van der Waals surface area contributed by atoms with Crippen LogP contribution in [0.2, 0.25) is 0 Å². The number of unbranched alkanes of at least 4 members (excludes halogenated alkanes) is 6. The third-order valence-corrected chi connectivity index (χ3v) is 12.2. The van der Waals surface area contributed by atoms with Crippen molar-refractivity contribution in [3.05, 3.63) is 24.3 Å². The molecule has 0 bridgehead atoms. The molecular formula is C37H80N6O6P2. The van der Waals surface area contributed by atoms with Crippen LogP contribution in [0.5, 0.6) is 0 Å². The van der Waals surface area contributed by atoms with E-state index < -0.39 is 15.2 Å². The molecule has 0 fully saturated rings. The maximum atomic E-state index is 13.8. The van der Waals surface area contributed by atoms with Crippen molar-refractivity contribution in [3.63, 3.8) is 0 Å². The second kappa shape index (κ2) is 36.5. The zero-order chi connectivity index (χ0) is 37.7. The number of nitrogens with zero attached hydrogens (tertiary/aromatic N) is 2. The SMILES string of the molecule is CCCC/C=C\CCOP(=O)(CCN(CCCN)CCCN)OCCCCCOP(=O)(CCN(CCCN)CCCN)OCC/C=C\CCCC. The van der Waals surface area contributed by atoms with Gasteiger partial charge < -0.3 is 50.8 Å². The van der Waals surface area contributed by atoms with Crippen LogP contribution in [-0.2, 0) is 27.2 Å². The molecular weight excluding hydrogens is 686 g/mol. The third kappa shape index (κ3) is 31.6. The number of hydrogen-bond acceptors (Lipinski definition) is 12. The van der Waals surface area contributed by atoms with E-state index in [1.165, 1.54) is 0 Å². The Hall–Kier alpha value is -0.460. The Labute approximate surface area is 313 Å². The van der Waals surface area contributed by atoms with Crippen LogP contribution < -0.4 is 22.9 Å². The van der Waals surface area contributed by atoms with E-state index >= 15 is 0 Å². The van der Waals surface area contributed by atoms with Gasteiger partial charge in [0.15, 0.2) is 0 Å². The average Bonchev–Trinajstić information content (AvgIpc) is 3.13. The minimum Gasteiger partial charge on any atom is -0.330 e. The maximum Gasteiger partial charge on any atom is 0.331 e. The zero-order valence-electron chi connectivity index (χ0n) is 32.8. The Morgan fingerprint density at radius 1 is 0.431 bits per heavy atom. The Morgan fingerprint density at radius 2 is 0.765 bits per heavy atom. The number of nitrogens with two attached hydrogens (primary N) is 4. The van der Waals surface area contributed by atoms with Gasteiger partial charge in [-0.2, -0.15) is 0 Å². The molecule has 2 atom stereocenters. The summed E-state index contributed by atoms with van der Waals surface area (Å²) < 4.78 is 51.5.